The SMILES string of the molecule is Cn1ccnc1C(O)(c1ccccc1Cl)c1nccn1C.[Cl-].[Cl-].[Pt+2]. The van der Waals surface area contributed by atoms with Crippen LogP contribution in [0.3, 0.4) is 0 Å². The maximum Gasteiger partial charge on any atom is 2.00 e. The average Bonchev–Trinajstić information content (AvgIpc) is 3.07. The normalized spacial score (nSPS) is 10.3. The molecule has 3 aromatic rings. The summed E-state index contributed by atoms with van der Waals surface area (Å²) in [6, 6.07) is 7.18. The minimum absolute atomic E-state index is 0. The molecular weight excluding hydrogens is 554 g/mol. The van der Waals surface area contributed by atoms with Gasteiger partial charge in [-0.25, -0.2) is 9.97 Å². The van der Waals surface area contributed by atoms with Crippen LogP contribution >= 0.6 is 11.6 Å². The van der Waals surface area contributed by atoms with Gasteiger partial charge in [0.15, 0.2) is 11.6 Å². The van der Waals surface area contributed by atoms with Crippen LogP contribution in [0.1, 0.15) is 17.2 Å². The molecule has 0 amide bonds. The molecule has 0 aliphatic rings. The van der Waals surface area contributed by atoms with Crippen LogP contribution in [0.2, 0.25) is 5.02 Å². The largest absolute Gasteiger partial charge is 2.00 e. The Bertz CT molecular complexity index is 750. The van der Waals surface area contributed by atoms with Crippen LogP contribution in [0.5, 0.6) is 0 Å². The summed E-state index contributed by atoms with van der Waals surface area (Å²) in [5.41, 5.74) is -0.968. The average molecular weight is 569 g/mol. The number of hydrogen-bond donors (Lipinski definition) is 1. The number of imidazole rings is 2. The molecule has 2 heterocycles. The second kappa shape index (κ2) is 9.02. The quantitative estimate of drug-likeness (QED) is 0.352. The fourth-order valence-electron chi connectivity index (χ4n) is 2.52. The summed E-state index contributed by atoms with van der Waals surface area (Å²) < 4.78 is 3.52. The third-order valence-electron chi connectivity index (χ3n) is 3.55. The Labute approximate surface area is 172 Å². The number of halogens is 3. The van der Waals surface area contributed by atoms with Gasteiger partial charge in [-0.2, -0.15) is 0 Å². The monoisotopic (exact) mass is 567 g/mol. The van der Waals surface area contributed by atoms with Gasteiger partial charge in [-0.1, -0.05) is 29.8 Å². The molecule has 0 aliphatic carbocycles. The number of aryl methyl sites for hydroxylation is 2. The molecule has 0 saturated heterocycles. The van der Waals surface area contributed by atoms with E-state index in [4.69, 9.17) is 11.6 Å². The van der Waals surface area contributed by atoms with Gasteiger partial charge in [-0.3, -0.25) is 0 Å². The van der Waals surface area contributed by atoms with Crippen molar-refractivity contribution in [3.8, 4) is 0 Å². The third-order valence-corrected chi connectivity index (χ3v) is 3.88. The third kappa shape index (κ3) is 3.71. The zero-order valence-corrected chi connectivity index (χ0v) is 17.3. The molecular formula is C15H15Cl3N4OPt. The Kier molecular flexibility index (Phi) is 8.71. The van der Waals surface area contributed by atoms with Crippen LogP contribution < -0.4 is 24.8 Å². The van der Waals surface area contributed by atoms with E-state index in [0.29, 0.717) is 22.2 Å². The summed E-state index contributed by atoms with van der Waals surface area (Å²) in [6.45, 7) is 0. The van der Waals surface area contributed by atoms with Gasteiger partial charge in [-0.05, 0) is 6.07 Å². The van der Waals surface area contributed by atoms with E-state index in [-0.39, 0.29) is 45.9 Å². The molecule has 9 heteroatoms. The van der Waals surface area contributed by atoms with Crippen molar-refractivity contribution in [3.63, 3.8) is 0 Å². The van der Waals surface area contributed by atoms with Crippen molar-refractivity contribution < 1.29 is 51.0 Å². The summed E-state index contributed by atoms with van der Waals surface area (Å²) in [5, 5.41) is 12.0. The minimum Gasteiger partial charge on any atom is -1.00 e. The molecule has 0 aliphatic heterocycles. The van der Waals surface area contributed by atoms with Crippen molar-refractivity contribution in [2.75, 3.05) is 0 Å². The standard InChI is InChI=1S/C15H15ClN4O.2ClH.Pt/c1-19-9-7-17-13(19)15(21,14-18-8-10-20(14)2)11-5-3-4-6-12(11)16;;;/h3-10,21H,1-2H3;2*1H;/q;;;+2/p-2. The predicted octanol–water partition coefficient (Wildman–Crippen LogP) is -3.90. The number of rotatable bonds is 3. The van der Waals surface area contributed by atoms with Crippen LogP contribution in [0.25, 0.3) is 0 Å². The number of benzene rings is 1. The van der Waals surface area contributed by atoms with E-state index in [1.54, 1.807) is 46.1 Å². The maximum absolute atomic E-state index is 11.5. The summed E-state index contributed by atoms with van der Waals surface area (Å²) in [5.74, 6) is 0.926. The van der Waals surface area contributed by atoms with Crippen LogP contribution in [0.15, 0.2) is 49.1 Å². The van der Waals surface area contributed by atoms with Gasteiger partial charge in [0.25, 0.3) is 0 Å². The number of nitrogens with zero attached hydrogens (tertiary/aromatic N) is 4. The Hall–Kier alpha value is -0.842. The van der Waals surface area contributed by atoms with Gasteiger partial charge < -0.3 is 39.1 Å². The number of hydrogen-bond acceptors (Lipinski definition) is 3. The Balaban J connectivity index is 0.00000176. The fraction of sp³-hybridized carbons (Fsp3) is 0.200. The Morgan fingerprint density at radius 2 is 1.42 bits per heavy atom. The van der Waals surface area contributed by atoms with Crippen LogP contribution in [-0.4, -0.2) is 24.2 Å². The first kappa shape index (κ1) is 23.2. The van der Waals surface area contributed by atoms with Crippen molar-refractivity contribution >= 4 is 11.6 Å². The molecule has 0 fully saturated rings. The zero-order chi connectivity index (χ0) is 15.0. The van der Waals surface area contributed by atoms with Gasteiger partial charge in [0.2, 0.25) is 5.60 Å². The molecule has 0 saturated carbocycles. The van der Waals surface area contributed by atoms with E-state index in [0.717, 1.165) is 0 Å². The molecule has 0 radical (unpaired) electrons. The van der Waals surface area contributed by atoms with E-state index >= 15 is 0 Å². The molecule has 24 heavy (non-hydrogen) atoms. The van der Waals surface area contributed by atoms with E-state index in [1.165, 1.54) is 0 Å². The maximum atomic E-state index is 11.5. The Morgan fingerprint density at radius 1 is 0.958 bits per heavy atom. The van der Waals surface area contributed by atoms with Crippen LogP contribution in [0, 0.1) is 0 Å². The summed E-state index contributed by atoms with van der Waals surface area (Å²) >= 11 is 6.31. The number of aliphatic hydroxyl groups is 1. The second-order valence-corrected chi connectivity index (χ2v) is 5.32. The van der Waals surface area contributed by atoms with E-state index in [1.807, 2.05) is 26.2 Å². The van der Waals surface area contributed by atoms with Crippen molar-refractivity contribution in [2.45, 2.75) is 5.60 Å². The second-order valence-electron chi connectivity index (χ2n) is 4.91. The molecule has 0 spiro atoms. The first-order chi connectivity index (χ1) is 10.0. The van der Waals surface area contributed by atoms with Gasteiger partial charge in [0.1, 0.15) is 0 Å². The first-order valence-electron chi connectivity index (χ1n) is 6.48. The smallest absolute Gasteiger partial charge is 1.00 e. The molecule has 1 aromatic carbocycles. The van der Waals surface area contributed by atoms with E-state index < -0.39 is 5.60 Å². The van der Waals surface area contributed by atoms with Gasteiger partial charge >= 0.3 is 21.1 Å². The summed E-state index contributed by atoms with van der Waals surface area (Å²) in [6.07, 6.45) is 6.83. The molecule has 5 nitrogen and oxygen atoms in total. The molecule has 0 bridgehead atoms. The van der Waals surface area contributed by atoms with Crippen LogP contribution in [0.4, 0.5) is 0 Å². The van der Waals surface area contributed by atoms with Gasteiger partial charge in [0.05, 0.1) is 0 Å². The Morgan fingerprint density at radius 3 is 1.79 bits per heavy atom. The van der Waals surface area contributed by atoms with Crippen molar-refractivity contribution in [1.82, 2.24) is 19.1 Å². The molecule has 0 atom stereocenters. The molecule has 132 valence electrons. The summed E-state index contributed by atoms with van der Waals surface area (Å²) in [7, 11) is 3.65. The molecule has 3 rings (SSSR count). The van der Waals surface area contributed by atoms with E-state index in [9.17, 15) is 5.11 Å². The van der Waals surface area contributed by atoms with Gasteiger partial charge in [0, 0.05) is 49.5 Å². The molecule has 0 unspecified atom stereocenters. The topological polar surface area (TPSA) is 55.9 Å². The van der Waals surface area contributed by atoms with Crippen molar-refractivity contribution in [1.29, 1.82) is 0 Å². The molecule has 2 aromatic heterocycles. The minimum atomic E-state index is -1.52. The molecule has 1 N–H and O–H groups in total. The fourth-order valence-corrected chi connectivity index (χ4v) is 2.80. The van der Waals surface area contributed by atoms with Gasteiger partial charge in [-0.15, -0.1) is 0 Å². The van der Waals surface area contributed by atoms with Crippen LogP contribution in [-0.2, 0) is 40.8 Å². The summed E-state index contributed by atoms with van der Waals surface area (Å²) in [4.78, 5) is 8.61. The first-order valence-corrected chi connectivity index (χ1v) is 6.86. The van der Waals surface area contributed by atoms with Crippen molar-refractivity contribution in [3.05, 3.63) is 71.3 Å². The predicted molar refractivity (Wildman–Crippen MR) is 80.0 cm³/mol. The van der Waals surface area contributed by atoms with E-state index in [2.05, 4.69) is 9.97 Å². The number of aromatic nitrogens is 4. The zero-order valence-electron chi connectivity index (χ0n) is 12.8. The van der Waals surface area contributed by atoms with Crippen molar-refractivity contribution in [2.24, 2.45) is 14.1 Å².